The molecule has 2 amide bonds. The van der Waals surface area contributed by atoms with Crippen LogP contribution in [0.25, 0.3) is 11.4 Å². The molecule has 4 rings (SSSR count). The van der Waals surface area contributed by atoms with Crippen molar-refractivity contribution in [3.63, 3.8) is 0 Å². The van der Waals surface area contributed by atoms with E-state index in [1.165, 1.54) is 0 Å². The quantitative estimate of drug-likeness (QED) is 0.359. The molecule has 1 aromatic heterocycles. The molecule has 0 unspecified atom stereocenters. The van der Waals surface area contributed by atoms with Gasteiger partial charge in [-0.25, -0.2) is 27.6 Å². The molecule has 0 bridgehead atoms. The van der Waals surface area contributed by atoms with Crippen molar-refractivity contribution < 1.29 is 23.1 Å². The van der Waals surface area contributed by atoms with Crippen molar-refractivity contribution in [2.75, 3.05) is 26.4 Å². The third-order valence-corrected chi connectivity index (χ3v) is 7.44. The predicted molar refractivity (Wildman–Crippen MR) is 151 cm³/mol. The summed E-state index contributed by atoms with van der Waals surface area (Å²) in [6.07, 6.45) is 1.63. The highest BCUT2D eigenvalue weighted by Crippen LogP contribution is 2.40. The number of aromatic nitrogens is 3. The van der Waals surface area contributed by atoms with E-state index in [2.05, 4.69) is 5.10 Å². The summed E-state index contributed by atoms with van der Waals surface area (Å²) in [7, 11) is 0. The number of hydrogen-bond acceptors (Lipinski definition) is 5. The van der Waals surface area contributed by atoms with E-state index in [1.54, 1.807) is 14.5 Å². The maximum atomic E-state index is 14.9. The van der Waals surface area contributed by atoms with Crippen LogP contribution in [0.3, 0.4) is 0 Å². The van der Waals surface area contributed by atoms with Gasteiger partial charge >= 0.3 is 6.03 Å². The number of carbonyl (C=O) groups excluding carboxylic acids is 1. The highest BCUT2D eigenvalue weighted by atomic mass is 19.1. The second-order valence-corrected chi connectivity index (χ2v) is 11.7. The molecule has 1 fully saturated rings. The molecule has 0 spiro atoms. The van der Waals surface area contributed by atoms with Gasteiger partial charge in [-0.1, -0.05) is 51.1 Å². The van der Waals surface area contributed by atoms with Gasteiger partial charge in [0.25, 0.3) is 0 Å². The van der Waals surface area contributed by atoms with E-state index in [0.717, 1.165) is 30.2 Å². The Morgan fingerprint density at radius 2 is 1.93 bits per heavy atom. The van der Waals surface area contributed by atoms with Crippen molar-refractivity contribution in [3.05, 3.63) is 71.6 Å². The van der Waals surface area contributed by atoms with Crippen molar-refractivity contribution in [1.29, 1.82) is 0 Å². The standard InChI is InChI=1S/C30H39F3N6O2/c1-30(2,3)26(38(15-13-22(34)17-31)29(41)37-14-7-10-23(37)19-40)28-35-27(24-16-21(32)11-12-25(24)33)36-39(28)18-20-8-5-4-6-9-20/h4-6,8-9,11-12,16,22-23,26,40H,7,10,13-15,17-19,34H2,1-3H3/t22-,23-,26-/m0/s1. The fourth-order valence-corrected chi connectivity index (χ4v) is 5.37. The van der Waals surface area contributed by atoms with Gasteiger partial charge in [0.2, 0.25) is 0 Å². The number of aliphatic hydroxyl groups is 1. The minimum absolute atomic E-state index is 0.00977. The van der Waals surface area contributed by atoms with Gasteiger partial charge < -0.3 is 20.6 Å². The van der Waals surface area contributed by atoms with Crippen LogP contribution in [0.5, 0.6) is 0 Å². The normalized spacial score (nSPS) is 17.1. The summed E-state index contributed by atoms with van der Waals surface area (Å²) in [5.41, 5.74) is 6.12. The van der Waals surface area contributed by atoms with Crippen molar-refractivity contribution in [2.45, 2.75) is 64.7 Å². The van der Waals surface area contributed by atoms with E-state index in [4.69, 9.17) is 10.7 Å². The molecule has 222 valence electrons. The van der Waals surface area contributed by atoms with Crippen LogP contribution in [0.4, 0.5) is 18.0 Å². The average molecular weight is 573 g/mol. The van der Waals surface area contributed by atoms with Gasteiger partial charge in [0, 0.05) is 19.1 Å². The molecule has 11 heteroatoms. The number of nitrogens with two attached hydrogens (primary N) is 1. The third-order valence-electron chi connectivity index (χ3n) is 7.44. The molecule has 3 N–H and O–H groups in total. The molecule has 3 atom stereocenters. The minimum Gasteiger partial charge on any atom is -0.394 e. The maximum absolute atomic E-state index is 14.9. The summed E-state index contributed by atoms with van der Waals surface area (Å²) in [4.78, 5) is 22.2. The SMILES string of the molecule is CC(C)(C)[C@H](c1nc(-c2cc(F)ccc2F)nn1Cc1ccccc1)N(CC[C@H](N)CF)C(=O)N1CCC[C@H]1CO. The minimum atomic E-state index is -0.766. The number of rotatable bonds is 10. The second-order valence-electron chi connectivity index (χ2n) is 11.7. The number of aliphatic hydroxyl groups excluding tert-OH is 1. The number of carbonyl (C=O) groups is 1. The molecule has 1 aliphatic heterocycles. The van der Waals surface area contributed by atoms with Crippen LogP contribution in [0.1, 0.15) is 57.5 Å². The first kappa shape index (κ1) is 30.5. The van der Waals surface area contributed by atoms with E-state index >= 15 is 0 Å². The lowest BCUT2D eigenvalue weighted by molar-refractivity contribution is 0.0704. The Balaban J connectivity index is 1.87. The molecule has 1 aliphatic rings. The van der Waals surface area contributed by atoms with Crippen LogP contribution in [-0.2, 0) is 6.54 Å². The average Bonchev–Trinajstić information content (AvgIpc) is 3.58. The van der Waals surface area contributed by atoms with Gasteiger partial charge in [0.1, 0.15) is 18.3 Å². The zero-order valence-electron chi connectivity index (χ0n) is 23.8. The van der Waals surface area contributed by atoms with Crippen LogP contribution in [-0.4, -0.2) is 74.2 Å². The van der Waals surface area contributed by atoms with Gasteiger partial charge in [-0.05, 0) is 48.4 Å². The number of hydrogen-bond donors (Lipinski definition) is 2. The molecule has 3 aromatic rings. The number of urea groups is 1. The summed E-state index contributed by atoms with van der Waals surface area (Å²) in [6, 6.07) is 10.5. The molecular formula is C30H39F3N6O2. The van der Waals surface area contributed by atoms with E-state index in [1.807, 2.05) is 51.1 Å². The first-order valence-electron chi connectivity index (χ1n) is 14.0. The van der Waals surface area contributed by atoms with E-state index < -0.39 is 35.8 Å². The van der Waals surface area contributed by atoms with Gasteiger partial charge in [-0.2, -0.15) is 5.10 Å². The van der Waals surface area contributed by atoms with E-state index in [0.29, 0.717) is 18.8 Å². The van der Waals surface area contributed by atoms with Gasteiger partial charge in [0.15, 0.2) is 11.6 Å². The summed E-state index contributed by atoms with van der Waals surface area (Å²) in [5.74, 6) is -0.936. The number of likely N-dealkylation sites (tertiary alicyclic amines) is 1. The van der Waals surface area contributed by atoms with Crippen LogP contribution in [0.15, 0.2) is 48.5 Å². The van der Waals surface area contributed by atoms with Crippen molar-refractivity contribution in [3.8, 4) is 11.4 Å². The molecule has 2 aromatic carbocycles. The number of alkyl halides is 1. The summed E-state index contributed by atoms with van der Waals surface area (Å²) < 4.78 is 44.1. The monoisotopic (exact) mass is 572 g/mol. The van der Waals surface area contributed by atoms with Crippen LogP contribution in [0, 0.1) is 17.0 Å². The Labute approximate surface area is 239 Å². The number of nitrogens with zero attached hydrogens (tertiary/aromatic N) is 5. The first-order chi connectivity index (χ1) is 19.5. The lowest BCUT2D eigenvalue weighted by Gasteiger charge is -2.42. The Morgan fingerprint density at radius 3 is 2.59 bits per heavy atom. The fraction of sp³-hybridized carbons (Fsp3) is 0.500. The fourth-order valence-electron chi connectivity index (χ4n) is 5.37. The topological polar surface area (TPSA) is 101 Å². The Morgan fingerprint density at radius 1 is 1.20 bits per heavy atom. The molecule has 0 aliphatic carbocycles. The molecule has 2 heterocycles. The molecule has 8 nitrogen and oxygen atoms in total. The van der Waals surface area contributed by atoms with Gasteiger partial charge in [-0.15, -0.1) is 0 Å². The highest BCUT2D eigenvalue weighted by molar-refractivity contribution is 5.76. The third kappa shape index (κ3) is 7.08. The summed E-state index contributed by atoms with van der Waals surface area (Å²) >= 11 is 0. The lowest BCUT2D eigenvalue weighted by Crippen LogP contribution is -2.52. The molecule has 1 saturated heterocycles. The first-order valence-corrected chi connectivity index (χ1v) is 14.0. The summed E-state index contributed by atoms with van der Waals surface area (Å²) in [5, 5.41) is 14.6. The van der Waals surface area contributed by atoms with Crippen molar-refractivity contribution in [1.82, 2.24) is 24.6 Å². The van der Waals surface area contributed by atoms with Crippen molar-refractivity contribution in [2.24, 2.45) is 11.1 Å². The number of amides is 2. The largest absolute Gasteiger partial charge is 0.394 e. The Kier molecular flexibility index (Phi) is 9.70. The molecule has 41 heavy (non-hydrogen) atoms. The van der Waals surface area contributed by atoms with E-state index in [-0.39, 0.29) is 49.6 Å². The Bertz CT molecular complexity index is 1310. The zero-order valence-corrected chi connectivity index (χ0v) is 23.8. The molecule has 0 saturated carbocycles. The maximum Gasteiger partial charge on any atom is 0.320 e. The van der Waals surface area contributed by atoms with Crippen LogP contribution in [0.2, 0.25) is 0 Å². The zero-order chi connectivity index (χ0) is 29.7. The highest BCUT2D eigenvalue weighted by Gasteiger charge is 2.42. The summed E-state index contributed by atoms with van der Waals surface area (Å²) in [6.45, 7) is 5.81. The lowest BCUT2D eigenvalue weighted by atomic mass is 9.84. The van der Waals surface area contributed by atoms with E-state index in [9.17, 15) is 23.1 Å². The van der Waals surface area contributed by atoms with Crippen LogP contribution < -0.4 is 5.73 Å². The smallest absolute Gasteiger partial charge is 0.320 e. The number of benzene rings is 2. The van der Waals surface area contributed by atoms with Crippen LogP contribution >= 0.6 is 0 Å². The predicted octanol–water partition coefficient (Wildman–Crippen LogP) is 4.92. The van der Waals surface area contributed by atoms with Gasteiger partial charge in [0.05, 0.1) is 30.8 Å². The second kappa shape index (κ2) is 13.0. The number of halogens is 3. The molecular weight excluding hydrogens is 533 g/mol. The van der Waals surface area contributed by atoms with Crippen molar-refractivity contribution >= 4 is 6.03 Å². The molecule has 0 radical (unpaired) electrons. The van der Waals surface area contributed by atoms with Gasteiger partial charge in [-0.3, -0.25) is 0 Å². The Hall–Kier alpha value is -3.44.